The van der Waals surface area contributed by atoms with Crippen LogP contribution in [0.15, 0.2) is 0 Å². The minimum Gasteiger partial charge on any atom is -0.153 e. The van der Waals surface area contributed by atoms with Gasteiger partial charge in [-0.25, -0.2) is 0 Å². The van der Waals surface area contributed by atoms with Crippen molar-refractivity contribution in [3.63, 3.8) is 0 Å². The van der Waals surface area contributed by atoms with Crippen molar-refractivity contribution in [3.8, 4) is 0 Å². The molecule has 0 fully saturated rings. The van der Waals surface area contributed by atoms with Gasteiger partial charge in [0.15, 0.2) is 0 Å². The van der Waals surface area contributed by atoms with Crippen LogP contribution in [-0.4, -0.2) is 0 Å². The van der Waals surface area contributed by atoms with Crippen molar-refractivity contribution in [2.24, 2.45) is 0 Å². The summed E-state index contributed by atoms with van der Waals surface area (Å²) in [5.74, 6) is 0. The van der Waals surface area contributed by atoms with Crippen LogP contribution in [-0.2, 0) is 3570 Å². The van der Waals surface area contributed by atoms with Gasteiger partial charge in [-0.3, -0.25) is 0 Å². The average Bonchev–Trinajstić information content (AvgIpc) is 0. The van der Waals surface area contributed by atoms with Gasteiger partial charge in [0, 0.05) is 3570 Å². The molecule has 109 radical (unpaired) electrons. The monoisotopic (exact) mass is 9720 g/mol. The third-order valence-corrected chi connectivity index (χ3v) is 0. The zero-order valence-electron chi connectivity index (χ0n) is 63.6. The molecule has 0 aromatic rings. The molecule has 0 aliphatic rings. The maximum Gasteiger partial charge on any atom is 0 e. The summed E-state index contributed by atoms with van der Waals surface area (Å²) in [7, 11) is 0. The summed E-state index contributed by atoms with van der Waals surface area (Å²) in [4.78, 5) is 0. The Labute approximate surface area is 3430 Å². The molecule has 0 amide bonds. The SMILES string of the molecule is P.[Y].[Y].[Y].[Y].[Y].[Y].[Y].[Y].[Y].[Y].[Y].[Y].[Y].[Y].[Y].[Y].[Y].[Y].[Y].[Y].[Y].[Y].[Y].[Y].[Y].[Y].[Y].[Y].[Y].[Y].[Y].[Y].[Y].[Y].[Y].[Y].[Y].[Y].[Y].[Y].[Y].[Y].[Y].[Y].[Y].[Y].[Y].[Y].[Y].[Y].[Y].[Y].[Y].[Y].[Y].[Y].[Y].[Y].[Y].[Y].[Y].[Y].[Y].[Y].[Y].[Y].[Y].[Y].[Y].[Y].[Y].[Y].[Y].[Y].[Y].[Y].[Y].[Y].[Y].[Y].[Y].[Y].[Y].[Y].[Y].[Y].[Y].[Y].[Y].[Y].[Y].[Y].[Y].[Y].[Y].[Y].[Y].[Y].[Y].[Y].[Y].[Y].[Y].[Y].[Y].[Y].[Y].[Y].[Y]. The van der Waals surface area contributed by atoms with E-state index >= 15 is 0 Å². The van der Waals surface area contributed by atoms with Crippen molar-refractivity contribution in [1.82, 2.24) is 0 Å². The molecule has 0 rings (SSSR count). The van der Waals surface area contributed by atoms with Crippen molar-refractivity contribution >= 4 is 9.90 Å². The first kappa shape index (κ1) is 835. The molecule has 1 atom stereocenters. The summed E-state index contributed by atoms with van der Waals surface area (Å²) in [5, 5.41) is 0. The molecule has 335 valence electrons. The molecule has 0 nitrogen and oxygen atoms in total. The van der Waals surface area contributed by atoms with Crippen LogP contribution >= 0.6 is 9.90 Å². The molecule has 0 bridgehead atoms. The van der Waals surface area contributed by atoms with Gasteiger partial charge in [0.25, 0.3) is 0 Å². The molecule has 0 saturated heterocycles. The second-order valence-corrected chi connectivity index (χ2v) is 0. The third kappa shape index (κ3) is 814. The first-order chi connectivity index (χ1) is 0. The third-order valence-electron chi connectivity index (χ3n) is 0. The zero-order chi connectivity index (χ0) is 0. The Kier molecular flexibility index (Phi) is 6260. The first-order valence-electron chi connectivity index (χ1n) is 0. The van der Waals surface area contributed by atoms with Crippen molar-refractivity contribution in [2.45, 2.75) is 0 Å². The molecule has 110 heteroatoms. The van der Waals surface area contributed by atoms with Gasteiger partial charge in [0.05, 0.1) is 0 Å². The number of hydrogen-bond donors (Lipinski definition) is 0. The van der Waals surface area contributed by atoms with E-state index in [1.807, 2.05) is 0 Å². The molecular weight excluding hydrogens is 9720 g/mol. The van der Waals surface area contributed by atoms with Crippen LogP contribution in [0.4, 0.5) is 0 Å². The Morgan fingerprint density at radius 1 is 0.0182 bits per heavy atom. The number of hydrogen-bond acceptors (Lipinski definition) is 0. The van der Waals surface area contributed by atoms with Gasteiger partial charge >= 0.3 is 0 Å². The molecule has 0 saturated carbocycles. The molecule has 0 spiro atoms. The van der Waals surface area contributed by atoms with E-state index in [9.17, 15) is 0 Å². The molecule has 0 aliphatic carbocycles. The molecule has 0 N–H and O–H groups in total. The summed E-state index contributed by atoms with van der Waals surface area (Å²) in [6, 6.07) is 0. The zero-order valence-corrected chi connectivity index (χ0v) is 374. The Morgan fingerprint density at radius 2 is 0.0182 bits per heavy atom. The molecular formula is H3PY109. The topological polar surface area (TPSA) is 0 Å². The maximum absolute atomic E-state index is 0. The predicted octanol–water partition coefficient (Wildman–Crippen LogP) is -0.214. The van der Waals surface area contributed by atoms with Crippen molar-refractivity contribution < 1.29 is 3570 Å². The number of rotatable bonds is 0. The first-order valence-corrected chi connectivity index (χ1v) is 0. The summed E-state index contributed by atoms with van der Waals surface area (Å²) in [6.45, 7) is 0. The van der Waals surface area contributed by atoms with E-state index in [4.69, 9.17) is 0 Å². The van der Waals surface area contributed by atoms with Gasteiger partial charge in [-0.15, -0.1) is 0 Å². The van der Waals surface area contributed by atoms with Crippen LogP contribution in [0.25, 0.3) is 0 Å². The fourth-order valence-corrected chi connectivity index (χ4v) is 0. The van der Waals surface area contributed by atoms with Gasteiger partial charge in [0.2, 0.25) is 0 Å². The molecule has 110 heavy (non-hydrogen) atoms. The van der Waals surface area contributed by atoms with Gasteiger partial charge in [-0.05, 0) is 0 Å². The van der Waals surface area contributed by atoms with E-state index in [-0.39, 0.29) is 3580 Å². The molecule has 0 aromatic carbocycles. The van der Waals surface area contributed by atoms with Gasteiger partial charge in [-0.1, -0.05) is 0 Å². The summed E-state index contributed by atoms with van der Waals surface area (Å²) >= 11 is 0. The van der Waals surface area contributed by atoms with E-state index in [1.54, 1.807) is 0 Å². The van der Waals surface area contributed by atoms with Crippen molar-refractivity contribution in [1.29, 1.82) is 0 Å². The van der Waals surface area contributed by atoms with Crippen LogP contribution in [0.1, 0.15) is 0 Å². The summed E-state index contributed by atoms with van der Waals surface area (Å²) in [6.07, 6.45) is 0. The van der Waals surface area contributed by atoms with E-state index in [1.165, 1.54) is 0 Å². The Morgan fingerprint density at radius 3 is 0.0182 bits per heavy atom. The molecule has 0 aromatic heterocycles. The van der Waals surface area contributed by atoms with E-state index in [0.717, 1.165) is 0 Å². The van der Waals surface area contributed by atoms with Crippen LogP contribution in [0, 0.1) is 0 Å². The van der Waals surface area contributed by atoms with Crippen LogP contribution in [0.5, 0.6) is 0 Å². The van der Waals surface area contributed by atoms with Gasteiger partial charge in [0.1, 0.15) is 0 Å². The second-order valence-electron chi connectivity index (χ2n) is 0. The predicted molar refractivity (Wildman–Crippen MR) is 11.1 cm³/mol. The standard InChI is InChI=1S/H3P.109Y/h1H3;;;;;;;;;;;;;;;;;;;;;;;;;;;;;;;;;;;;;;;;;;;;;;;;;;;;;;;;;;;;;;;;;;;;;;;;;;;;;;;;;;;;;;;;;;;;;;;;;;;;;;;;;;;;;. The van der Waals surface area contributed by atoms with Crippen molar-refractivity contribution in [3.05, 3.63) is 0 Å². The second kappa shape index (κ2) is 825. The summed E-state index contributed by atoms with van der Waals surface area (Å²) in [5.41, 5.74) is 0. The van der Waals surface area contributed by atoms with Gasteiger partial charge in [-0.2, -0.15) is 9.90 Å². The quantitative estimate of drug-likeness (QED) is 0.295. The Balaban J connectivity index is 0. The Bertz CT molecular complexity index is 8.22. The smallest absolute Gasteiger partial charge is 0 e. The van der Waals surface area contributed by atoms with Crippen LogP contribution < -0.4 is 0 Å². The average molecular weight is 9720 g/mol. The fourth-order valence-electron chi connectivity index (χ4n) is 0. The Hall–Kier alpha value is 121. The van der Waals surface area contributed by atoms with Crippen LogP contribution in [0.3, 0.4) is 0 Å². The van der Waals surface area contributed by atoms with Gasteiger partial charge < -0.3 is 0 Å². The summed E-state index contributed by atoms with van der Waals surface area (Å²) < 4.78 is 0. The van der Waals surface area contributed by atoms with Crippen molar-refractivity contribution in [2.75, 3.05) is 0 Å². The van der Waals surface area contributed by atoms with E-state index < -0.39 is 0 Å². The fraction of sp³-hybridized carbons (Fsp3) is 0. The van der Waals surface area contributed by atoms with E-state index in [2.05, 4.69) is 0 Å². The normalized spacial score (nSPS) is 0. The molecule has 1 unspecified atom stereocenters. The minimum absolute atomic E-state index is 0. The molecule has 0 aliphatic heterocycles. The largest absolute Gasteiger partial charge is 0.153 e. The molecule has 0 heterocycles. The van der Waals surface area contributed by atoms with E-state index in [0.29, 0.717) is 0 Å². The minimum atomic E-state index is 0. The van der Waals surface area contributed by atoms with Crippen LogP contribution in [0.2, 0.25) is 0 Å². The maximum atomic E-state index is 0.